The fourth-order valence-electron chi connectivity index (χ4n) is 0.479. The summed E-state index contributed by atoms with van der Waals surface area (Å²) >= 11 is 9.74. The quantitative estimate of drug-likeness (QED) is 0.402. The van der Waals surface area contributed by atoms with Gasteiger partial charge >= 0.3 is 12.4 Å². The van der Waals surface area contributed by atoms with Gasteiger partial charge in [0.1, 0.15) is 5.38 Å². The van der Waals surface area contributed by atoms with E-state index in [4.69, 9.17) is 23.2 Å². The van der Waals surface area contributed by atoms with E-state index in [-0.39, 0.29) is 12.2 Å². The van der Waals surface area contributed by atoms with Gasteiger partial charge in [-0.15, -0.1) is 23.2 Å². The smallest absolute Gasteiger partial charge is 0.169 e. The minimum Gasteiger partial charge on any atom is -0.169 e. The van der Waals surface area contributed by atoms with Crippen LogP contribution < -0.4 is 0 Å². The maximum Gasteiger partial charge on any atom is 0.409 e. The molecule has 0 rings (SSSR count). The summed E-state index contributed by atoms with van der Waals surface area (Å²) in [6.45, 7) is 0. The average Bonchev–Trinajstić information content (AvgIpc) is 1.95. The summed E-state index contributed by atoms with van der Waals surface area (Å²) in [5.41, 5.74) is 0. The van der Waals surface area contributed by atoms with E-state index in [0.717, 1.165) is 0 Å². The van der Waals surface area contributed by atoms with Gasteiger partial charge in [-0.3, -0.25) is 0 Å². The molecule has 0 N–H and O–H groups in total. The monoisotopic (exact) mass is 260 g/mol. The van der Waals surface area contributed by atoms with Crippen LogP contribution in [0.15, 0.2) is 12.2 Å². The van der Waals surface area contributed by atoms with Gasteiger partial charge in [0.15, 0.2) is 0 Å². The molecule has 0 radical (unpaired) electrons. The molecule has 2 atom stereocenters. The van der Waals surface area contributed by atoms with Crippen LogP contribution in [-0.4, -0.2) is 23.1 Å². The Balaban J connectivity index is 4.36. The summed E-state index contributed by atoms with van der Waals surface area (Å²) in [4.78, 5) is 0. The first-order chi connectivity index (χ1) is 6.04. The Morgan fingerprint density at radius 3 is 1.64 bits per heavy atom. The molecule has 84 valence electrons. The Hall–Kier alpha value is -0.100. The lowest BCUT2D eigenvalue weighted by Gasteiger charge is -2.16. The van der Waals surface area contributed by atoms with Gasteiger partial charge < -0.3 is 0 Å². The molecule has 0 aromatic carbocycles. The van der Waals surface area contributed by atoms with Gasteiger partial charge in [-0.1, -0.05) is 6.08 Å². The van der Waals surface area contributed by atoms with Crippen molar-refractivity contribution in [1.29, 1.82) is 0 Å². The number of hydrogen-bond donors (Lipinski definition) is 0. The Morgan fingerprint density at radius 2 is 1.36 bits per heavy atom. The van der Waals surface area contributed by atoms with Crippen molar-refractivity contribution in [2.24, 2.45) is 0 Å². The fraction of sp³-hybridized carbons (Fsp3) is 0.667. The van der Waals surface area contributed by atoms with Crippen molar-refractivity contribution >= 4 is 23.2 Å². The van der Waals surface area contributed by atoms with Crippen LogP contribution in [0.4, 0.5) is 26.3 Å². The molecule has 0 saturated heterocycles. The third kappa shape index (κ3) is 5.59. The molecular formula is C6H4Cl2F6. The summed E-state index contributed by atoms with van der Waals surface area (Å²) < 4.78 is 69.9. The lowest BCUT2D eigenvalue weighted by atomic mass is 10.2. The maximum absolute atomic E-state index is 11.8. The van der Waals surface area contributed by atoms with E-state index in [0.29, 0.717) is 0 Å². The van der Waals surface area contributed by atoms with Crippen molar-refractivity contribution in [3.63, 3.8) is 0 Å². The first-order valence-electron chi connectivity index (χ1n) is 3.15. The summed E-state index contributed by atoms with van der Waals surface area (Å²) in [6.07, 6.45) is -9.75. The topological polar surface area (TPSA) is 0 Å². The highest BCUT2D eigenvalue weighted by Crippen LogP contribution is 2.31. The van der Waals surface area contributed by atoms with E-state index in [1.807, 2.05) is 0 Å². The van der Waals surface area contributed by atoms with E-state index < -0.39 is 23.1 Å². The lowest BCUT2D eigenvalue weighted by Crippen LogP contribution is -2.31. The van der Waals surface area contributed by atoms with Crippen LogP contribution >= 0.6 is 23.2 Å². The van der Waals surface area contributed by atoms with Gasteiger partial charge in [0.05, 0.1) is 5.38 Å². The van der Waals surface area contributed by atoms with Crippen molar-refractivity contribution in [2.75, 3.05) is 0 Å². The molecule has 0 aliphatic carbocycles. The van der Waals surface area contributed by atoms with Gasteiger partial charge in [0.2, 0.25) is 0 Å². The van der Waals surface area contributed by atoms with Crippen LogP contribution in [0.5, 0.6) is 0 Å². The zero-order chi connectivity index (χ0) is 11.6. The minimum absolute atomic E-state index is 0.159. The van der Waals surface area contributed by atoms with Crippen LogP contribution in [0.3, 0.4) is 0 Å². The molecule has 0 aliphatic heterocycles. The number of halogens is 8. The molecule has 0 bridgehead atoms. The summed E-state index contributed by atoms with van der Waals surface area (Å²) in [6, 6.07) is 0. The van der Waals surface area contributed by atoms with Crippen LogP contribution in [0, 0.1) is 0 Å². The number of hydrogen-bond acceptors (Lipinski definition) is 0. The van der Waals surface area contributed by atoms with Crippen LogP contribution in [0.1, 0.15) is 0 Å². The second kappa shape index (κ2) is 4.61. The maximum atomic E-state index is 11.8. The zero-order valence-corrected chi connectivity index (χ0v) is 7.84. The Morgan fingerprint density at radius 1 is 0.929 bits per heavy atom. The van der Waals surface area contributed by atoms with Crippen molar-refractivity contribution < 1.29 is 26.3 Å². The van der Waals surface area contributed by atoms with Crippen molar-refractivity contribution in [1.82, 2.24) is 0 Å². The van der Waals surface area contributed by atoms with Crippen LogP contribution in [0.2, 0.25) is 0 Å². The van der Waals surface area contributed by atoms with E-state index >= 15 is 0 Å². The number of rotatable bonds is 2. The summed E-state index contributed by atoms with van der Waals surface area (Å²) in [5, 5.41) is -4.49. The summed E-state index contributed by atoms with van der Waals surface area (Å²) in [5.74, 6) is 0. The molecule has 0 aromatic rings. The molecule has 0 saturated carbocycles. The average molecular weight is 261 g/mol. The first-order valence-corrected chi connectivity index (χ1v) is 4.02. The molecule has 2 unspecified atom stereocenters. The lowest BCUT2D eigenvalue weighted by molar-refractivity contribution is -0.129. The van der Waals surface area contributed by atoms with Crippen molar-refractivity contribution in [3.8, 4) is 0 Å². The van der Waals surface area contributed by atoms with E-state index in [1.165, 1.54) is 0 Å². The van der Waals surface area contributed by atoms with E-state index in [9.17, 15) is 26.3 Å². The highest BCUT2D eigenvalue weighted by molar-refractivity contribution is 6.31. The molecule has 0 aromatic heterocycles. The van der Waals surface area contributed by atoms with Gasteiger partial charge in [0.25, 0.3) is 0 Å². The normalized spacial score (nSPS) is 18.6. The SMILES string of the molecule is FC(F)(F)/C=C/C(Cl)C(Cl)C(F)(F)F. The van der Waals surface area contributed by atoms with Crippen molar-refractivity contribution in [2.45, 2.75) is 23.1 Å². The molecule has 0 nitrogen and oxygen atoms in total. The molecule has 0 fully saturated rings. The highest BCUT2D eigenvalue weighted by atomic mass is 35.5. The predicted octanol–water partition coefficient (Wildman–Crippen LogP) is 3.88. The fourth-order valence-corrected chi connectivity index (χ4v) is 0.779. The Labute approximate surface area is 85.5 Å². The predicted molar refractivity (Wildman–Crippen MR) is 40.5 cm³/mol. The molecule has 0 heterocycles. The van der Waals surface area contributed by atoms with Gasteiger partial charge in [-0.05, 0) is 0 Å². The second-order valence-corrected chi connectivity index (χ2v) is 3.26. The Bertz CT molecular complexity index is 205. The zero-order valence-electron chi connectivity index (χ0n) is 6.33. The third-order valence-corrected chi connectivity index (χ3v) is 2.11. The third-order valence-electron chi connectivity index (χ3n) is 1.06. The molecule has 0 aliphatic rings. The van der Waals surface area contributed by atoms with Gasteiger partial charge in [0, 0.05) is 6.08 Å². The van der Waals surface area contributed by atoms with Gasteiger partial charge in [-0.2, -0.15) is 26.3 Å². The highest BCUT2D eigenvalue weighted by Gasteiger charge is 2.42. The second-order valence-electron chi connectivity index (χ2n) is 2.29. The molecule has 0 spiro atoms. The number of alkyl halides is 8. The van der Waals surface area contributed by atoms with Crippen molar-refractivity contribution in [3.05, 3.63) is 12.2 Å². The molecule has 8 heteroatoms. The minimum atomic E-state index is -4.83. The van der Waals surface area contributed by atoms with E-state index in [1.54, 1.807) is 0 Å². The first kappa shape index (κ1) is 13.9. The van der Waals surface area contributed by atoms with E-state index in [2.05, 4.69) is 0 Å². The molecule has 0 amide bonds. The number of allylic oxidation sites excluding steroid dienone is 2. The van der Waals surface area contributed by atoms with Crippen LogP contribution in [0.25, 0.3) is 0 Å². The standard InChI is InChI=1S/C6H4Cl2F6/c7-3(1-2-5(9,10)11)4(8)6(12,13)14/h1-4H/b2-1+. The van der Waals surface area contributed by atoms with Gasteiger partial charge in [-0.25, -0.2) is 0 Å². The Kier molecular flexibility index (Phi) is 4.58. The largest absolute Gasteiger partial charge is 0.409 e. The summed E-state index contributed by atoms with van der Waals surface area (Å²) in [7, 11) is 0. The molecule has 14 heavy (non-hydrogen) atoms. The van der Waals surface area contributed by atoms with Crippen LogP contribution in [-0.2, 0) is 0 Å². The molecular weight excluding hydrogens is 257 g/mol.